The number of allylic oxidation sites excluding steroid dienone is 1. The van der Waals surface area contributed by atoms with Crippen LogP contribution in [-0.4, -0.2) is 17.5 Å². The van der Waals surface area contributed by atoms with Crippen molar-refractivity contribution in [2.45, 2.75) is 6.29 Å². The molecule has 8 N–H and O–H groups in total. The van der Waals surface area contributed by atoms with Gasteiger partial charge in [-0.1, -0.05) is 0 Å². The third kappa shape index (κ3) is 2.42. The summed E-state index contributed by atoms with van der Waals surface area (Å²) >= 11 is 0. The van der Waals surface area contributed by atoms with Gasteiger partial charge in [-0.05, 0) is 0 Å². The Morgan fingerprint density at radius 3 is 2.25 bits per heavy atom. The van der Waals surface area contributed by atoms with Crippen LogP contribution in [-0.2, 0) is 0 Å². The Balaban J connectivity index is 0. The highest BCUT2D eigenvalue weighted by atomic mass is 35.5. The molecule has 0 saturated heterocycles. The summed E-state index contributed by atoms with van der Waals surface area (Å²) in [5.74, 6) is 5.60. The first kappa shape index (κ1) is 13.9. The van der Waals surface area contributed by atoms with Crippen LogP contribution in [0.1, 0.15) is 0 Å². The van der Waals surface area contributed by atoms with E-state index in [-0.39, 0.29) is 30.6 Å². The fraction of sp³-hybridized carbons (Fsp3) is 0.250. The van der Waals surface area contributed by atoms with E-state index < -0.39 is 6.29 Å². The van der Waals surface area contributed by atoms with Gasteiger partial charge in [-0.2, -0.15) is 0 Å². The Bertz CT molecular complexity index is 202. The molecule has 1 atom stereocenters. The molecule has 1 aliphatic heterocycles. The summed E-state index contributed by atoms with van der Waals surface area (Å²) in [4.78, 5) is 3.73. The van der Waals surface area contributed by atoms with E-state index in [1.54, 1.807) is 0 Å². The predicted octanol–water partition coefficient (Wildman–Crippen LogP) is -1.58. The highest BCUT2D eigenvalue weighted by Gasteiger charge is 2.15. The van der Waals surface area contributed by atoms with Gasteiger partial charge in [0.05, 0.1) is 11.9 Å². The Labute approximate surface area is 82.4 Å². The monoisotopic (exact) mass is 214 g/mol. The minimum atomic E-state index is -0.618. The molecule has 72 valence electrons. The maximum atomic E-state index is 5.40. The zero-order valence-corrected chi connectivity index (χ0v) is 7.81. The minimum Gasteiger partial charge on any atom is -0.395 e. The number of hydrogen-bond donors (Lipinski definition) is 4. The normalized spacial score (nSPS) is 21.5. The second-order valence-electron chi connectivity index (χ2n) is 1.94. The lowest BCUT2D eigenvalue weighted by Gasteiger charge is -2.26. The van der Waals surface area contributed by atoms with Gasteiger partial charge >= 0.3 is 0 Å². The largest absolute Gasteiger partial charge is 0.395 e. The summed E-state index contributed by atoms with van der Waals surface area (Å²) in [5, 5.41) is 1.11. The molecule has 0 fully saturated rings. The number of hydrazine groups is 1. The summed E-state index contributed by atoms with van der Waals surface area (Å²) in [6.45, 7) is 0. The summed E-state index contributed by atoms with van der Waals surface area (Å²) in [6.07, 6.45) is 0.774. The molecule has 0 aromatic heterocycles. The van der Waals surface area contributed by atoms with Crippen LogP contribution in [0.15, 0.2) is 16.5 Å². The SMILES string of the molecule is Cl.Cl.NC1=C(N)N(N)C(N)N=C1. The van der Waals surface area contributed by atoms with Crippen molar-refractivity contribution in [3.63, 3.8) is 0 Å². The van der Waals surface area contributed by atoms with Crippen LogP contribution in [0.2, 0.25) is 0 Å². The Hall–Kier alpha value is -0.690. The molecular weight excluding hydrogens is 203 g/mol. The first-order valence-corrected chi connectivity index (χ1v) is 2.71. The predicted molar refractivity (Wildman–Crippen MR) is 52.4 cm³/mol. The first-order chi connectivity index (χ1) is 4.63. The number of hydrogen-bond acceptors (Lipinski definition) is 6. The second-order valence-corrected chi connectivity index (χ2v) is 1.94. The third-order valence-electron chi connectivity index (χ3n) is 1.23. The van der Waals surface area contributed by atoms with Crippen LogP contribution in [0.5, 0.6) is 0 Å². The summed E-state index contributed by atoms with van der Waals surface area (Å²) in [5.41, 5.74) is 16.5. The second kappa shape index (κ2) is 5.04. The van der Waals surface area contributed by atoms with Crippen LogP contribution in [0.25, 0.3) is 0 Å². The Kier molecular flexibility index (Phi) is 5.83. The lowest BCUT2D eigenvalue weighted by atomic mass is 10.4. The van der Waals surface area contributed by atoms with Gasteiger partial charge in [0, 0.05) is 0 Å². The quantitative estimate of drug-likeness (QED) is 0.363. The van der Waals surface area contributed by atoms with Gasteiger partial charge in [0.1, 0.15) is 5.82 Å². The highest BCUT2D eigenvalue weighted by Crippen LogP contribution is 2.02. The molecule has 0 bridgehead atoms. The van der Waals surface area contributed by atoms with E-state index in [9.17, 15) is 0 Å². The molecule has 1 aliphatic rings. The van der Waals surface area contributed by atoms with Gasteiger partial charge < -0.3 is 11.5 Å². The lowest BCUT2D eigenvalue weighted by Crippen LogP contribution is -2.50. The summed E-state index contributed by atoms with van der Waals surface area (Å²) < 4.78 is 0. The minimum absolute atomic E-state index is 0. The fourth-order valence-corrected chi connectivity index (χ4v) is 0.586. The van der Waals surface area contributed by atoms with Gasteiger partial charge in [0.2, 0.25) is 0 Å². The van der Waals surface area contributed by atoms with Crippen LogP contribution in [0.3, 0.4) is 0 Å². The molecule has 1 rings (SSSR count). The molecule has 0 amide bonds. The van der Waals surface area contributed by atoms with Gasteiger partial charge in [-0.25, -0.2) is 5.84 Å². The van der Waals surface area contributed by atoms with E-state index in [1.807, 2.05) is 0 Å². The van der Waals surface area contributed by atoms with Crippen LogP contribution in [0, 0.1) is 0 Å². The number of rotatable bonds is 0. The smallest absolute Gasteiger partial charge is 0.188 e. The maximum Gasteiger partial charge on any atom is 0.188 e. The molecule has 1 unspecified atom stereocenters. The van der Waals surface area contributed by atoms with Crippen molar-refractivity contribution in [3.05, 3.63) is 11.5 Å². The van der Waals surface area contributed by atoms with Crippen LogP contribution >= 0.6 is 24.8 Å². The van der Waals surface area contributed by atoms with E-state index >= 15 is 0 Å². The van der Waals surface area contributed by atoms with Crippen LogP contribution < -0.4 is 23.0 Å². The topological polar surface area (TPSA) is 120 Å². The average molecular weight is 215 g/mol. The number of nitrogens with two attached hydrogens (primary N) is 4. The average Bonchev–Trinajstić information content (AvgIpc) is 1.93. The van der Waals surface area contributed by atoms with Crippen molar-refractivity contribution < 1.29 is 0 Å². The molecule has 6 nitrogen and oxygen atoms in total. The Morgan fingerprint density at radius 2 is 1.83 bits per heavy atom. The van der Waals surface area contributed by atoms with Gasteiger partial charge in [0.25, 0.3) is 0 Å². The van der Waals surface area contributed by atoms with Crippen molar-refractivity contribution in [1.29, 1.82) is 0 Å². The molecular formula is C4H12Cl2N6. The molecule has 8 heteroatoms. The van der Waals surface area contributed by atoms with Crippen molar-refractivity contribution >= 4 is 31.0 Å². The molecule has 0 aromatic rings. The van der Waals surface area contributed by atoms with Crippen molar-refractivity contribution in [3.8, 4) is 0 Å². The van der Waals surface area contributed by atoms with Crippen molar-refractivity contribution in [2.75, 3.05) is 0 Å². The van der Waals surface area contributed by atoms with Gasteiger partial charge in [0.15, 0.2) is 6.29 Å². The fourth-order valence-electron chi connectivity index (χ4n) is 0.586. The maximum absolute atomic E-state index is 5.40. The molecule has 0 aliphatic carbocycles. The highest BCUT2D eigenvalue weighted by molar-refractivity contribution is 5.85. The van der Waals surface area contributed by atoms with Gasteiger partial charge in [-0.15, -0.1) is 24.8 Å². The lowest BCUT2D eigenvalue weighted by molar-refractivity contribution is 0.263. The first-order valence-electron chi connectivity index (χ1n) is 2.71. The zero-order chi connectivity index (χ0) is 7.72. The molecule has 0 saturated carbocycles. The number of halogens is 2. The molecule has 12 heavy (non-hydrogen) atoms. The molecule has 0 aromatic carbocycles. The third-order valence-corrected chi connectivity index (χ3v) is 1.23. The summed E-state index contributed by atoms with van der Waals surface area (Å²) in [6, 6.07) is 0. The standard InChI is InChI=1S/C4H10N6.2ClH/c5-2-1-9-4(7)10(8)3(2)6;;/h1,4H,5-8H2;2*1H. The zero-order valence-electron chi connectivity index (χ0n) is 6.18. The summed E-state index contributed by atoms with van der Waals surface area (Å²) in [7, 11) is 0. The van der Waals surface area contributed by atoms with E-state index in [0.717, 1.165) is 5.01 Å². The van der Waals surface area contributed by atoms with Crippen LogP contribution in [0.4, 0.5) is 0 Å². The molecule has 1 heterocycles. The van der Waals surface area contributed by atoms with Crippen molar-refractivity contribution in [1.82, 2.24) is 5.01 Å². The Morgan fingerprint density at radius 1 is 1.33 bits per heavy atom. The molecule has 0 spiro atoms. The van der Waals surface area contributed by atoms with Crippen molar-refractivity contribution in [2.24, 2.45) is 28.0 Å². The number of nitrogens with zero attached hydrogens (tertiary/aromatic N) is 2. The number of aliphatic imine (C=N–C) groups is 1. The van der Waals surface area contributed by atoms with E-state index in [2.05, 4.69) is 4.99 Å². The van der Waals surface area contributed by atoms with E-state index in [0.29, 0.717) is 5.70 Å². The van der Waals surface area contributed by atoms with E-state index in [4.69, 9.17) is 23.0 Å². The van der Waals surface area contributed by atoms with E-state index in [1.165, 1.54) is 6.21 Å². The van der Waals surface area contributed by atoms with Gasteiger partial charge in [-0.3, -0.25) is 15.7 Å². The molecule has 0 radical (unpaired) electrons.